The van der Waals surface area contributed by atoms with Gasteiger partial charge in [0.25, 0.3) is 0 Å². The lowest BCUT2D eigenvalue weighted by atomic mass is 10.2. The van der Waals surface area contributed by atoms with E-state index in [0.29, 0.717) is 42.7 Å². The lowest BCUT2D eigenvalue weighted by Crippen LogP contribution is -2.47. The number of methoxy groups -OCH3 is 1. The normalized spacial score (nSPS) is 14.9. The molecule has 0 radical (unpaired) electrons. The molecule has 1 aliphatic heterocycles. The van der Waals surface area contributed by atoms with Crippen molar-refractivity contribution in [2.45, 2.75) is 19.8 Å². The Morgan fingerprint density at radius 3 is 2.71 bits per heavy atom. The number of ether oxygens (including phenoxy) is 2. The minimum Gasteiger partial charge on any atom is -0.492 e. The van der Waals surface area contributed by atoms with Gasteiger partial charge in [-0.2, -0.15) is 4.98 Å². The highest BCUT2D eigenvalue weighted by atomic mass is 79.9. The Labute approximate surface area is 172 Å². The molecule has 0 unspecified atom stereocenters. The van der Waals surface area contributed by atoms with E-state index in [4.69, 9.17) is 14.0 Å². The van der Waals surface area contributed by atoms with Crippen LogP contribution in [0, 0.1) is 0 Å². The van der Waals surface area contributed by atoms with Gasteiger partial charge in [-0.05, 0) is 42.0 Å². The van der Waals surface area contributed by atoms with Crippen LogP contribution in [0.4, 0.5) is 0 Å². The number of aryl methyl sites for hydroxylation is 1. The summed E-state index contributed by atoms with van der Waals surface area (Å²) < 4.78 is 17.1. The molecule has 0 saturated carbocycles. The van der Waals surface area contributed by atoms with Gasteiger partial charge in [-0.15, -0.1) is 0 Å². The van der Waals surface area contributed by atoms with E-state index in [0.717, 1.165) is 36.2 Å². The van der Waals surface area contributed by atoms with Gasteiger partial charge >= 0.3 is 0 Å². The predicted molar refractivity (Wildman–Crippen MR) is 108 cm³/mol. The number of aromatic nitrogens is 2. The minimum atomic E-state index is 0.124. The largest absolute Gasteiger partial charge is 0.492 e. The third-order valence-corrected chi connectivity index (χ3v) is 5.24. The second-order valence-electron chi connectivity index (χ2n) is 6.62. The molecule has 152 valence electrons. The van der Waals surface area contributed by atoms with Crippen LogP contribution in [0.5, 0.6) is 11.5 Å². The van der Waals surface area contributed by atoms with Crippen LogP contribution in [0.3, 0.4) is 0 Å². The van der Waals surface area contributed by atoms with Gasteiger partial charge < -0.3 is 23.8 Å². The number of carbonyl (C=O) groups excluding carboxylic acids is 1. The van der Waals surface area contributed by atoms with Gasteiger partial charge in [0.05, 0.1) is 18.2 Å². The van der Waals surface area contributed by atoms with Crippen molar-refractivity contribution in [2.75, 3.05) is 46.9 Å². The molecule has 1 aromatic carbocycles. The zero-order chi connectivity index (χ0) is 20.1. The summed E-state index contributed by atoms with van der Waals surface area (Å²) in [4.78, 5) is 20.9. The average molecular weight is 453 g/mol. The highest BCUT2D eigenvalue weighted by Crippen LogP contribution is 2.39. The maximum atomic E-state index is 12.4. The van der Waals surface area contributed by atoms with Gasteiger partial charge in [-0.3, -0.25) is 4.79 Å². The molecular formula is C19H25BrN4O4. The van der Waals surface area contributed by atoms with Crippen LogP contribution < -0.4 is 9.47 Å². The van der Waals surface area contributed by atoms with Crippen molar-refractivity contribution in [1.29, 1.82) is 0 Å². The molecule has 8 nitrogen and oxygen atoms in total. The van der Waals surface area contributed by atoms with Crippen LogP contribution in [-0.4, -0.2) is 72.8 Å². The van der Waals surface area contributed by atoms with E-state index in [2.05, 4.69) is 38.0 Å². The van der Waals surface area contributed by atoms with E-state index in [-0.39, 0.29) is 5.91 Å². The Bertz CT molecular complexity index is 818. The molecule has 1 saturated heterocycles. The Morgan fingerprint density at radius 1 is 1.29 bits per heavy atom. The highest BCUT2D eigenvalue weighted by molar-refractivity contribution is 9.10. The van der Waals surface area contributed by atoms with Gasteiger partial charge in [-0.25, -0.2) is 0 Å². The summed E-state index contributed by atoms with van der Waals surface area (Å²) in [6.07, 6.45) is 0.787. The fourth-order valence-corrected chi connectivity index (χ4v) is 3.66. The van der Waals surface area contributed by atoms with E-state index in [1.807, 2.05) is 24.0 Å². The fraction of sp³-hybridized carbons (Fsp3) is 0.526. The van der Waals surface area contributed by atoms with Crippen molar-refractivity contribution in [3.05, 3.63) is 22.5 Å². The first-order valence-corrected chi connectivity index (χ1v) is 10.1. The third-order valence-electron chi connectivity index (χ3n) is 4.65. The monoisotopic (exact) mass is 452 g/mol. The number of benzene rings is 1. The number of amides is 1. The molecule has 0 atom stereocenters. The molecule has 1 amide bonds. The number of nitrogens with zero attached hydrogens (tertiary/aromatic N) is 4. The Morgan fingerprint density at radius 2 is 2.04 bits per heavy atom. The second kappa shape index (κ2) is 9.38. The number of hydrogen-bond acceptors (Lipinski definition) is 7. The van der Waals surface area contributed by atoms with Crippen LogP contribution in [-0.2, 0) is 11.2 Å². The molecule has 2 heterocycles. The van der Waals surface area contributed by atoms with E-state index in [9.17, 15) is 4.79 Å². The molecule has 0 N–H and O–H groups in total. The zero-order valence-electron chi connectivity index (χ0n) is 16.4. The fourth-order valence-electron chi connectivity index (χ4n) is 3.06. The lowest BCUT2D eigenvalue weighted by Gasteiger charge is -2.32. The van der Waals surface area contributed by atoms with E-state index < -0.39 is 0 Å². The van der Waals surface area contributed by atoms with Crippen LogP contribution in [0.25, 0.3) is 11.4 Å². The number of carbonyl (C=O) groups is 1. The molecule has 1 aliphatic rings. The first kappa shape index (κ1) is 20.6. The van der Waals surface area contributed by atoms with Crippen LogP contribution in [0.2, 0.25) is 0 Å². The number of rotatable bonds is 7. The summed E-state index contributed by atoms with van der Waals surface area (Å²) in [5.74, 6) is 2.24. The lowest BCUT2D eigenvalue weighted by molar-refractivity contribution is -0.132. The summed E-state index contributed by atoms with van der Waals surface area (Å²) in [5.41, 5.74) is 0.747. The molecule has 0 spiro atoms. The smallest absolute Gasteiger partial charge is 0.227 e. The maximum absolute atomic E-state index is 12.4. The number of piperazine rings is 1. The first-order chi connectivity index (χ1) is 13.5. The minimum absolute atomic E-state index is 0.124. The predicted octanol–water partition coefficient (Wildman–Crippen LogP) is 2.61. The van der Waals surface area contributed by atoms with Gasteiger partial charge in [0.2, 0.25) is 17.6 Å². The summed E-state index contributed by atoms with van der Waals surface area (Å²) in [6.45, 7) is 5.77. The summed E-state index contributed by atoms with van der Waals surface area (Å²) in [5, 5.41) is 4.05. The zero-order valence-corrected chi connectivity index (χ0v) is 18.0. The molecule has 0 bridgehead atoms. The van der Waals surface area contributed by atoms with Crippen molar-refractivity contribution in [1.82, 2.24) is 19.9 Å². The van der Waals surface area contributed by atoms with Crippen molar-refractivity contribution < 1.29 is 18.8 Å². The Hall–Kier alpha value is -2.13. The summed E-state index contributed by atoms with van der Waals surface area (Å²) in [7, 11) is 3.66. The average Bonchev–Trinajstić information content (AvgIpc) is 3.16. The SMILES string of the molecule is CCOc1cc(-c2noc(CCC(=O)N3CCN(C)CC3)n2)cc(Br)c1OC. The Kier molecular flexibility index (Phi) is 6.90. The molecule has 28 heavy (non-hydrogen) atoms. The van der Waals surface area contributed by atoms with Crippen LogP contribution in [0.15, 0.2) is 21.1 Å². The topological polar surface area (TPSA) is 80.9 Å². The van der Waals surface area contributed by atoms with Gasteiger partial charge in [-0.1, -0.05) is 5.16 Å². The number of hydrogen-bond donors (Lipinski definition) is 0. The van der Waals surface area contributed by atoms with Crippen molar-refractivity contribution in [2.24, 2.45) is 0 Å². The first-order valence-electron chi connectivity index (χ1n) is 9.31. The molecule has 9 heteroatoms. The van der Waals surface area contributed by atoms with Crippen molar-refractivity contribution in [3.8, 4) is 22.9 Å². The summed E-state index contributed by atoms with van der Waals surface area (Å²) >= 11 is 3.49. The molecule has 0 aliphatic carbocycles. The summed E-state index contributed by atoms with van der Waals surface area (Å²) in [6, 6.07) is 3.67. The van der Waals surface area contributed by atoms with Gasteiger partial charge in [0, 0.05) is 44.6 Å². The van der Waals surface area contributed by atoms with Gasteiger partial charge in [0.15, 0.2) is 11.5 Å². The maximum Gasteiger partial charge on any atom is 0.227 e. The van der Waals surface area contributed by atoms with Gasteiger partial charge in [0.1, 0.15) is 0 Å². The van der Waals surface area contributed by atoms with Crippen molar-refractivity contribution >= 4 is 21.8 Å². The standard InChI is InChI=1S/C19H25BrN4O4/c1-4-27-15-12-13(11-14(20)18(15)26-3)19-21-16(28-22-19)5-6-17(25)24-9-7-23(2)8-10-24/h11-12H,4-10H2,1-3H3. The third kappa shape index (κ3) is 4.82. The van der Waals surface area contributed by atoms with Crippen molar-refractivity contribution in [3.63, 3.8) is 0 Å². The van der Waals surface area contributed by atoms with E-state index in [1.54, 1.807) is 7.11 Å². The number of halogens is 1. The quantitative estimate of drug-likeness (QED) is 0.638. The molecule has 1 aromatic heterocycles. The van der Waals surface area contributed by atoms with Crippen LogP contribution >= 0.6 is 15.9 Å². The number of likely N-dealkylation sites (N-methyl/N-ethyl adjacent to an activating group) is 1. The second-order valence-corrected chi connectivity index (χ2v) is 7.47. The molecular weight excluding hydrogens is 428 g/mol. The highest BCUT2D eigenvalue weighted by Gasteiger charge is 2.20. The van der Waals surface area contributed by atoms with E-state index in [1.165, 1.54) is 0 Å². The Balaban J connectivity index is 1.66. The van der Waals surface area contributed by atoms with E-state index >= 15 is 0 Å². The molecule has 3 rings (SSSR count). The molecule has 1 fully saturated rings. The molecule has 2 aromatic rings. The van der Waals surface area contributed by atoms with Crippen LogP contribution in [0.1, 0.15) is 19.2 Å².